The van der Waals surface area contributed by atoms with Crippen molar-refractivity contribution in [3.63, 3.8) is 0 Å². The molecule has 0 amide bonds. The Morgan fingerprint density at radius 3 is 1.44 bits per heavy atom. The van der Waals surface area contributed by atoms with E-state index in [0.29, 0.717) is 0 Å². The van der Waals surface area contributed by atoms with E-state index in [4.69, 9.17) is 0 Å². The largest absolute Gasteiger partial charge is 0.379 e. The van der Waals surface area contributed by atoms with Gasteiger partial charge in [-0.15, -0.1) is 0 Å². The molecule has 0 saturated carbocycles. The Labute approximate surface area is 68.1 Å². The zero-order valence-corrected chi connectivity index (χ0v) is 6.76. The lowest BCUT2D eigenvalue weighted by Crippen LogP contribution is -2.29. The predicted octanol–water partition coefficient (Wildman–Crippen LogP) is 3.57. The van der Waals surface area contributed by atoms with E-state index in [-0.39, 0.29) is 11.0 Å². The maximum absolute atomic E-state index is 12.0. The summed E-state index contributed by atoms with van der Waals surface area (Å²) in [6.07, 6.45) is 0. The van der Waals surface area contributed by atoms with E-state index in [1.807, 2.05) is 0 Å². The standard InChI is InChI=1S/C2Cl3F3S/c3-1(6,7)2(4,8)9-5. The summed E-state index contributed by atoms with van der Waals surface area (Å²) in [5, 5.41) is -4.15. The van der Waals surface area contributed by atoms with E-state index in [0.717, 1.165) is 0 Å². The van der Waals surface area contributed by atoms with Crippen molar-refractivity contribution in [1.29, 1.82) is 0 Å². The third-order valence-corrected chi connectivity index (χ3v) is 2.69. The van der Waals surface area contributed by atoms with Crippen LogP contribution in [0.2, 0.25) is 0 Å². The molecule has 1 unspecified atom stereocenters. The Bertz CT molecular complexity index is 99.7. The van der Waals surface area contributed by atoms with Crippen LogP contribution in [0.5, 0.6) is 0 Å². The van der Waals surface area contributed by atoms with Crippen LogP contribution in [0.4, 0.5) is 13.2 Å². The summed E-state index contributed by atoms with van der Waals surface area (Å²) < 4.78 is 31.9. The molecule has 7 heteroatoms. The fourth-order valence-corrected chi connectivity index (χ4v) is 0.656. The molecular weight excluding hydrogens is 219 g/mol. The molecule has 0 saturated heterocycles. The first-order valence-corrected chi connectivity index (χ1v) is 3.95. The first-order valence-electron chi connectivity index (χ1n) is 1.55. The number of alkyl halides is 5. The summed E-state index contributed by atoms with van der Waals surface area (Å²) in [5.41, 5.74) is 0. The smallest absolute Gasteiger partial charge is 0.204 e. The van der Waals surface area contributed by atoms with Crippen molar-refractivity contribution < 1.29 is 13.2 Å². The Balaban J connectivity index is 4.14. The Hall–Kier alpha value is 1.01. The average Bonchev–Trinajstić information content (AvgIpc) is 1.64. The van der Waals surface area contributed by atoms with Gasteiger partial charge in [0.25, 0.3) is 0 Å². The zero-order chi connectivity index (χ0) is 7.71. The quantitative estimate of drug-likeness (QED) is 0.640. The molecule has 0 heterocycles. The Kier molecular flexibility index (Phi) is 3.28. The van der Waals surface area contributed by atoms with Crippen LogP contribution in [0.3, 0.4) is 0 Å². The van der Waals surface area contributed by atoms with Gasteiger partial charge in [0.2, 0.25) is 0 Å². The highest BCUT2D eigenvalue weighted by Gasteiger charge is 2.53. The maximum atomic E-state index is 12.0. The topological polar surface area (TPSA) is 0 Å². The number of halogens is 6. The predicted molar refractivity (Wildman–Crippen MR) is 33.9 cm³/mol. The molecule has 0 radical (unpaired) electrons. The Morgan fingerprint density at radius 2 is 1.44 bits per heavy atom. The molecular formula is C2Cl3F3S. The van der Waals surface area contributed by atoms with Crippen molar-refractivity contribution in [2.24, 2.45) is 0 Å². The lowest BCUT2D eigenvalue weighted by atomic mass is 10.8. The van der Waals surface area contributed by atoms with Gasteiger partial charge in [0.15, 0.2) is 0 Å². The second-order valence-electron chi connectivity index (χ2n) is 1.09. The summed E-state index contributed by atoms with van der Waals surface area (Å²) >= 11 is 8.66. The van der Waals surface area contributed by atoms with Gasteiger partial charge in [-0.05, 0) is 22.3 Å². The number of hydrogen-bond donors (Lipinski definition) is 0. The first-order chi connectivity index (χ1) is 3.81. The number of hydrogen-bond acceptors (Lipinski definition) is 1. The van der Waals surface area contributed by atoms with Crippen molar-refractivity contribution in [3.05, 3.63) is 0 Å². The third-order valence-electron chi connectivity index (χ3n) is 0.427. The fraction of sp³-hybridized carbons (Fsp3) is 1.00. The van der Waals surface area contributed by atoms with Gasteiger partial charge in [0.05, 0.1) is 0 Å². The first kappa shape index (κ1) is 10.0. The van der Waals surface area contributed by atoms with Crippen LogP contribution in [0, 0.1) is 0 Å². The van der Waals surface area contributed by atoms with Gasteiger partial charge in [-0.3, -0.25) is 0 Å². The molecule has 1 atom stereocenters. The lowest BCUT2D eigenvalue weighted by Gasteiger charge is -2.17. The Morgan fingerprint density at radius 1 is 1.11 bits per heavy atom. The molecule has 0 aliphatic carbocycles. The molecule has 0 nitrogen and oxygen atoms in total. The molecule has 0 aromatic rings. The van der Waals surface area contributed by atoms with Crippen molar-refractivity contribution >= 4 is 44.9 Å². The molecule has 0 N–H and O–H groups in total. The highest BCUT2D eigenvalue weighted by Crippen LogP contribution is 2.49. The van der Waals surface area contributed by atoms with Crippen molar-refractivity contribution in [2.75, 3.05) is 0 Å². The fourth-order valence-electron chi connectivity index (χ4n) is 0.0437. The summed E-state index contributed by atoms with van der Waals surface area (Å²) in [7, 11) is 4.25. The van der Waals surface area contributed by atoms with Gasteiger partial charge < -0.3 is 0 Å². The van der Waals surface area contributed by atoms with Crippen LogP contribution in [0.15, 0.2) is 0 Å². The van der Waals surface area contributed by atoms with Crippen molar-refractivity contribution in [2.45, 2.75) is 9.84 Å². The van der Waals surface area contributed by atoms with Crippen LogP contribution >= 0.6 is 44.9 Å². The molecule has 0 bridgehead atoms. The van der Waals surface area contributed by atoms with E-state index in [1.54, 1.807) is 0 Å². The van der Waals surface area contributed by atoms with E-state index in [9.17, 15) is 13.2 Å². The second-order valence-corrected chi connectivity index (χ2v) is 3.49. The highest BCUT2D eigenvalue weighted by molar-refractivity contribution is 8.23. The second kappa shape index (κ2) is 2.95. The minimum Gasteiger partial charge on any atom is -0.204 e. The molecule has 0 aromatic carbocycles. The van der Waals surface area contributed by atoms with Crippen LogP contribution < -0.4 is 0 Å². The number of rotatable bonds is 2. The van der Waals surface area contributed by atoms with Crippen LogP contribution in [0.25, 0.3) is 0 Å². The van der Waals surface area contributed by atoms with Gasteiger partial charge in [0, 0.05) is 11.0 Å². The molecule has 0 aliphatic rings. The molecule has 0 fully saturated rings. The van der Waals surface area contributed by atoms with E-state index in [1.165, 1.54) is 0 Å². The molecule has 56 valence electrons. The van der Waals surface area contributed by atoms with Gasteiger partial charge in [-0.2, -0.15) is 8.78 Å². The molecule has 0 aliphatic heterocycles. The van der Waals surface area contributed by atoms with E-state index >= 15 is 0 Å². The normalized spacial score (nSPS) is 19.3. The zero-order valence-electron chi connectivity index (χ0n) is 3.68. The molecule has 9 heavy (non-hydrogen) atoms. The van der Waals surface area contributed by atoms with Gasteiger partial charge in [0.1, 0.15) is 0 Å². The van der Waals surface area contributed by atoms with Gasteiger partial charge in [-0.25, -0.2) is 4.39 Å². The monoisotopic (exact) mass is 218 g/mol. The van der Waals surface area contributed by atoms with Crippen molar-refractivity contribution in [1.82, 2.24) is 0 Å². The van der Waals surface area contributed by atoms with Gasteiger partial charge >= 0.3 is 9.84 Å². The van der Waals surface area contributed by atoms with Crippen LogP contribution in [0.1, 0.15) is 0 Å². The summed E-state index contributed by atoms with van der Waals surface area (Å²) in [4.78, 5) is 0. The molecule has 0 spiro atoms. The minimum atomic E-state index is -4.15. The third kappa shape index (κ3) is 2.62. The van der Waals surface area contributed by atoms with Crippen LogP contribution in [-0.4, -0.2) is 9.84 Å². The highest BCUT2D eigenvalue weighted by atomic mass is 35.7. The summed E-state index contributed by atoms with van der Waals surface area (Å²) in [6.45, 7) is 0. The van der Waals surface area contributed by atoms with Gasteiger partial charge in [-0.1, -0.05) is 11.6 Å². The molecule has 0 rings (SSSR count). The summed E-state index contributed by atoms with van der Waals surface area (Å²) in [6, 6.07) is 0. The maximum Gasteiger partial charge on any atom is 0.379 e. The SMILES string of the molecule is FC(F)(Cl)C(F)(Cl)SCl. The average molecular weight is 219 g/mol. The van der Waals surface area contributed by atoms with Crippen molar-refractivity contribution in [3.8, 4) is 0 Å². The van der Waals surface area contributed by atoms with Crippen LogP contribution in [-0.2, 0) is 0 Å². The minimum absolute atomic E-state index is 0.377. The van der Waals surface area contributed by atoms with E-state index in [2.05, 4.69) is 33.9 Å². The lowest BCUT2D eigenvalue weighted by molar-refractivity contribution is 0.0288. The molecule has 0 aromatic heterocycles. The summed E-state index contributed by atoms with van der Waals surface area (Å²) in [5.74, 6) is 0. The van der Waals surface area contributed by atoms with E-state index < -0.39 is 9.84 Å².